The van der Waals surface area contributed by atoms with Crippen molar-refractivity contribution in [3.8, 4) is 0 Å². The molecule has 0 aliphatic rings. The van der Waals surface area contributed by atoms with E-state index in [0.29, 0.717) is 0 Å². The van der Waals surface area contributed by atoms with Crippen LogP contribution in [-0.4, -0.2) is 42.4 Å². The molecule has 1 N–H and O–H groups in total. The highest BCUT2D eigenvalue weighted by atomic mass is 35.5. The van der Waals surface area contributed by atoms with Crippen LogP contribution < -0.4 is 0 Å². The fourth-order valence-electron chi connectivity index (χ4n) is 1.55. The van der Waals surface area contributed by atoms with E-state index in [1.54, 1.807) is 0 Å². The Kier molecular flexibility index (Phi) is 5.94. The van der Waals surface area contributed by atoms with Gasteiger partial charge in [0, 0.05) is 13.6 Å². The summed E-state index contributed by atoms with van der Waals surface area (Å²) in [6.07, 6.45) is -0.444. The number of sulfonamides is 1. The molecule has 0 radical (unpaired) electrons. The molecule has 10 heteroatoms. The molecule has 0 aromatic heterocycles. The van der Waals surface area contributed by atoms with Gasteiger partial charge in [-0.1, -0.05) is 23.2 Å². The maximum atomic E-state index is 12.3. The Balaban J connectivity index is 3.27. The van der Waals surface area contributed by atoms with Gasteiger partial charge in [0.1, 0.15) is 14.9 Å². The van der Waals surface area contributed by atoms with E-state index < -0.39 is 36.7 Å². The van der Waals surface area contributed by atoms with E-state index in [-0.39, 0.29) is 18.0 Å². The van der Waals surface area contributed by atoms with Crippen LogP contribution in [0.25, 0.3) is 0 Å². The summed E-state index contributed by atoms with van der Waals surface area (Å²) in [7, 11) is -2.71. The quantitative estimate of drug-likeness (QED) is 0.622. The van der Waals surface area contributed by atoms with E-state index in [9.17, 15) is 23.6 Å². The third-order valence-corrected chi connectivity index (χ3v) is 5.46. The summed E-state index contributed by atoms with van der Waals surface area (Å²) in [6.45, 7) is 1.58. The summed E-state index contributed by atoms with van der Waals surface area (Å²) in [5.74, 6) is 0. The Labute approximate surface area is 132 Å². The van der Waals surface area contributed by atoms with Crippen molar-refractivity contribution in [1.82, 2.24) is 4.31 Å². The lowest BCUT2D eigenvalue weighted by Gasteiger charge is -2.18. The predicted octanol–water partition coefficient (Wildman–Crippen LogP) is 2.29. The number of aliphatic hydroxyl groups excluding tert-OH is 1. The topological polar surface area (TPSA) is 101 Å². The minimum atomic E-state index is -4.01. The van der Waals surface area contributed by atoms with Gasteiger partial charge in [0.2, 0.25) is 10.0 Å². The third kappa shape index (κ3) is 4.04. The molecule has 0 heterocycles. The summed E-state index contributed by atoms with van der Waals surface area (Å²) in [5.41, 5.74) is -0.650. The van der Waals surface area contributed by atoms with E-state index >= 15 is 0 Å². The zero-order valence-corrected chi connectivity index (χ0v) is 13.6. The largest absolute Gasteiger partial charge is 0.393 e. The molecule has 21 heavy (non-hydrogen) atoms. The first-order valence-electron chi connectivity index (χ1n) is 5.85. The van der Waals surface area contributed by atoms with Gasteiger partial charge in [0.05, 0.1) is 11.0 Å². The molecule has 0 amide bonds. The Hall–Kier alpha value is -0.930. The van der Waals surface area contributed by atoms with Gasteiger partial charge in [0.25, 0.3) is 0 Å². The second-order valence-corrected chi connectivity index (χ2v) is 7.23. The molecule has 1 rings (SSSR count). The number of nitrogens with zero attached hydrogens (tertiary/aromatic N) is 2. The Bertz CT molecular complexity index is 648. The summed E-state index contributed by atoms with van der Waals surface area (Å²) < 4.78 is 25.7. The molecule has 1 atom stereocenters. The average Bonchev–Trinajstić information content (AvgIpc) is 2.34. The SMILES string of the molecule is CC(O)CCN(C)S(=O)(=O)c1ccc(Cl)c([N+](=O)[O-])c1Cl. The van der Waals surface area contributed by atoms with Crippen LogP contribution in [0.4, 0.5) is 5.69 Å². The van der Waals surface area contributed by atoms with E-state index in [1.807, 2.05) is 0 Å². The highest BCUT2D eigenvalue weighted by Gasteiger charge is 2.30. The molecule has 118 valence electrons. The molecule has 1 unspecified atom stereocenters. The number of halogens is 2. The molecule has 1 aromatic carbocycles. The first kappa shape index (κ1) is 18.1. The zero-order chi connectivity index (χ0) is 16.4. The van der Waals surface area contributed by atoms with Crippen molar-refractivity contribution >= 4 is 38.9 Å². The molecule has 0 fully saturated rings. The van der Waals surface area contributed by atoms with E-state index in [0.717, 1.165) is 16.4 Å². The maximum absolute atomic E-state index is 12.3. The lowest BCUT2D eigenvalue weighted by Crippen LogP contribution is -2.29. The first-order chi connectivity index (χ1) is 9.59. The molecule has 0 saturated carbocycles. The van der Waals surface area contributed by atoms with Crippen molar-refractivity contribution in [3.63, 3.8) is 0 Å². The fourth-order valence-corrected chi connectivity index (χ4v) is 3.59. The van der Waals surface area contributed by atoms with Crippen LogP contribution >= 0.6 is 23.2 Å². The van der Waals surface area contributed by atoms with Gasteiger partial charge >= 0.3 is 5.69 Å². The Morgan fingerprint density at radius 1 is 1.43 bits per heavy atom. The van der Waals surface area contributed by atoms with Gasteiger partial charge in [0.15, 0.2) is 0 Å². The molecule has 0 spiro atoms. The number of rotatable bonds is 6. The highest BCUT2D eigenvalue weighted by molar-refractivity contribution is 7.89. The summed E-state index contributed by atoms with van der Waals surface area (Å²) in [6, 6.07) is 2.23. The normalized spacial score (nSPS) is 13.4. The maximum Gasteiger partial charge on any atom is 0.307 e. The molecule has 0 saturated heterocycles. The fraction of sp³-hybridized carbons (Fsp3) is 0.455. The van der Waals surface area contributed by atoms with Crippen LogP contribution in [0.3, 0.4) is 0 Å². The monoisotopic (exact) mass is 356 g/mol. The number of aliphatic hydroxyl groups is 1. The second-order valence-electron chi connectivity index (χ2n) is 4.43. The van der Waals surface area contributed by atoms with Gasteiger partial charge in [-0.2, -0.15) is 0 Å². The molecule has 0 bridgehead atoms. The van der Waals surface area contributed by atoms with Gasteiger partial charge < -0.3 is 5.11 Å². The van der Waals surface area contributed by atoms with Crippen LogP contribution in [0, 0.1) is 10.1 Å². The molecule has 7 nitrogen and oxygen atoms in total. The number of hydrogen-bond donors (Lipinski definition) is 1. The molecular weight excluding hydrogens is 343 g/mol. The van der Waals surface area contributed by atoms with Crippen molar-refractivity contribution in [3.05, 3.63) is 32.3 Å². The molecule has 1 aromatic rings. The van der Waals surface area contributed by atoms with Gasteiger partial charge in [-0.15, -0.1) is 0 Å². The standard InChI is InChI=1S/C11H14Cl2N2O5S/c1-7(16)5-6-14(2)21(19,20)9-4-3-8(12)11(10(9)13)15(17)18/h3-4,7,16H,5-6H2,1-2H3. The highest BCUT2D eigenvalue weighted by Crippen LogP contribution is 2.37. The van der Waals surface area contributed by atoms with Crippen LogP contribution in [0.1, 0.15) is 13.3 Å². The Morgan fingerprint density at radius 2 is 2.00 bits per heavy atom. The minimum absolute atomic E-state index is 0.0484. The Morgan fingerprint density at radius 3 is 2.48 bits per heavy atom. The summed E-state index contributed by atoms with van der Waals surface area (Å²) in [4.78, 5) is 9.67. The lowest BCUT2D eigenvalue weighted by atomic mass is 10.3. The van der Waals surface area contributed by atoms with E-state index in [4.69, 9.17) is 23.2 Å². The smallest absolute Gasteiger partial charge is 0.307 e. The van der Waals surface area contributed by atoms with Crippen molar-refractivity contribution in [1.29, 1.82) is 0 Å². The molecule has 0 aliphatic carbocycles. The first-order valence-corrected chi connectivity index (χ1v) is 8.05. The number of hydrogen-bond acceptors (Lipinski definition) is 5. The van der Waals surface area contributed by atoms with Crippen molar-refractivity contribution < 1.29 is 18.4 Å². The van der Waals surface area contributed by atoms with E-state index in [1.165, 1.54) is 14.0 Å². The molecular formula is C11H14Cl2N2O5S. The van der Waals surface area contributed by atoms with Crippen molar-refractivity contribution in [2.75, 3.05) is 13.6 Å². The zero-order valence-electron chi connectivity index (χ0n) is 11.3. The van der Waals surface area contributed by atoms with Crippen LogP contribution in [-0.2, 0) is 10.0 Å². The van der Waals surface area contributed by atoms with Crippen LogP contribution in [0.5, 0.6) is 0 Å². The van der Waals surface area contributed by atoms with Crippen molar-refractivity contribution in [2.24, 2.45) is 0 Å². The van der Waals surface area contributed by atoms with Crippen LogP contribution in [0.15, 0.2) is 17.0 Å². The van der Waals surface area contributed by atoms with E-state index in [2.05, 4.69) is 0 Å². The van der Waals surface area contributed by atoms with Gasteiger partial charge in [-0.3, -0.25) is 10.1 Å². The third-order valence-electron chi connectivity index (χ3n) is 2.76. The lowest BCUT2D eigenvalue weighted by molar-refractivity contribution is -0.384. The van der Waals surface area contributed by atoms with Gasteiger partial charge in [-0.25, -0.2) is 12.7 Å². The second kappa shape index (κ2) is 6.89. The number of nitro benzene ring substituents is 1. The van der Waals surface area contributed by atoms with Gasteiger partial charge in [-0.05, 0) is 25.5 Å². The number of nitro groups is 1. The minimum Gasteiger partial charge on any atom is -0.393 e. The average molecular weight is 357 g/mol. The van der Waals surface area contributed by atoms with Crippen LogP contribution in [0.2, 0.25) is 10.0 Å². The predicted molar refractivity (Wildman–Crippen MR) is 79.2 cm³/mol. The number of benzene rings is 1. The van der Waals surface area contributed by atoms with Crippen molar-refractivity contribution in [2.45, 2.75) is 24.3 Å². The molecule has 0 aliphatic heterocycles. The summed E-state index contributed by atoms with van der Waals surface area (Å²) in [5, 5.41) is 19.3. The summed E-state index contributed by atoms with van der Waals surface area (Å²) >= 11 is 11.5.